The molecule has 0 radical (unpaired) electrons. The molecule has 2 aromatic rings. The molecule has 1 atom stereocenters. The number of carbonyl (C=O) groups excluding carboxylic acids is 1. The number of non-ortho nitro benzene ring substituents is 1. The fourth-order valence-electron chi connectivity index (χ4n) is 2.43. The molecular formula is C21H28FN3O5S. The lowest BCUT2D eigenvalue weighted by Crippen LogP contribution is -2.18. The maximum atomic E-state index is 13.3. The number of hydrogen-bond acceptors (Lipinski definition) is 6. The number of unbranched alkanes of at least 4 members (excludes halogenated alkanes) is 1. The number of nitro groups is 1. The fourth-order valence-corrected chi connectivity index (χ4v) is 3.36. The zero-order valence-corrected chi connectivity index (χ0v) is 18.9. The van der Waals surface area contributed by atoms with Crippen molar-refractivity contribution in [1.82, 2.24) is 4.72 Å². The number of hydrogen-bond donors (Lipinski definition) is 2. The zero-order valence-electron chi connectivity index (χ0n) is 18.1. The summed E-state index contributed by atoms with van der Waals surface area (Å²) in [6, 6.07) is 9.17. The van der Waals surface area contributed by atoms with E-state index in [1.807, 2.05) is 6.92 Å². The lowest BCUT2D eigenvalue weighted by molar-refractivity contribution is -0.385. The number of nitrogens with one attached hydrogen (secondary N) is 2. The highest BCUT2D eigenvalue weighted by molar-refractivity contribution is 7.83. The van der Waals surface area contributed by atoms with Crippen molar-refractivity contribution in [3.8, 4) is 0 Å². The third-order valence-electron chi connectivity index (χ3n) is 4.11. The van der Waals surface area contributed by atoms with Crippen molar-refractivity contribution >= 4 is 28.3 Å². The molecule has 1 unspecified atom stereocenters. The van der Waals surface area contributed by atoms with E-state index in [-0.39, 0.29) is 24.0 Å². The van der Waals surface area contributed by atoms with Gasteiger partial charge in [-0.05, 0) is 49.6 Å². The van der Waals surface area contributed by atoms with Crippen LogP contribution in [0.2, 0.25) is 0 Å². The Morgan fingerprint density at radius 1 is 1.23 bits per heavy atom. The van der Waals surface area contributed by atoms with Gasteiger partial charge in [0.1, 0.15) is 23.3 Å². The Bertz CT molecular complexity index is 901. The first kappa shape index (κ1) is 26.2. The van der Waals surface area contributed by atoms with Crippen molar-refractivity contribution in [1.29, 1.82) is 0 Å². The van der Waals surface area contributed by atoms with Crippen LogP contribution >= 0.6 is 0 Å². The first-order chi connectivity index (χ1) is 14.7. The number of esters is 1. The average molecular weight is 454 g/mol. The molecule has 31 heavy (non-hydrogen) atoms. The number of benzene rings is 2. The number of nitro benzene ring substituents is 1. The molecule has 0 aliphatic heterocycles. The van der Waals surface area contributed by atoms with Crippen LogP contribution in [0.4, 0.5) is 15.8 Å². The van der Waals surface area contributed by atoms with Crippen LogP contribution in [-0.4, -0.2) is 35.3 Å². The van der Waals surface area contributed by atoms with Crippen molar-refractivity contribution in [2.75, 3.05) is 25.5 Å². The quantitative estimate of drug-likeness (QED) is 0.257. The molecule has 0 heterocycles. The summed E-state index contributed by atoms with van der Waals surface area (Å²) >= 11 is 0. The van der Waals surface area contributed by atoms with Gasteiger partial charge in [-0.2, -0.15) is 0 Å². The van der Waals surface area contributed by atoms with Gasteiger partial charge in [0, 0.05) is 24.4 Å². The highest BCUT2D eigenvalue weighted by Crippen LogP contribution is 2.18. The number of ether oxygens (including phenoxy) is 1. The van der Waals surface area contributed by atoms with Crippen LogP contribution in [0.5, 0.6) is 0 Å². The first-order valence-electron chi connectivity index (χ1n) is 9.66. The van der Waals surface area contributed by atoms with Crippen LogP contribution in [0.15, 0.2) is 41.3 Å². The Morgan fingerprint density at radius 2 is 1.87 bits per heavy atom. The second kappa shape index (κ2) is 13.5. The van der Waals surface area contributed by atoms with Crippen LogP contribution in [0.3, 0.4) is 0 Å². The lowest BCUT2D eigenvalue weighted by Gasteiger charge is -2.08. The molecule has 0 spiro atoms. The molecule has 0 aromatic heterocycles. The van der Waals surface area contributed by atoms with E-state index in [0.717, 1.165) is 18.5 Å². The number of carbonyl (C=O) groups is 1. The largest absolute Gasteiger partial charge is 0.468 e. The predicted molar refractivity (Wildman–Crippen MR) is 119 cm³/mol. The van der Waals surface area contributed by atoms with Gasteiger partial charge in [0.2, 0.25) is 0 Å². The van der Waals surface area contributed by atoms with Gasteiger partial charge in [-0.25, -0.2) is 13.3 Å². The Kier molecular flexibility index (Phi) is 11.4. The molecular weight excluding hydrogens is 425 g/mol. The van der Waals surface area contributed by atoms with Gasteiger partial charge in [-0.1, -0.05) is 19.4 Å². The molecule has 0 saturated carbocycles. The van der Waals surface area contributed by atoms with Gasteiger partial charge in [0.25, 0.3) is 5.69 Å². The summed E-state index contributed by atoms with van der Waals surface area (Å²) in [6.45, 7) is 6.14. The summed E-state index contributed by atoms with van der Waals surface area (Å²) in [6.07, 6.45) is 1.94. The van der Waals surface area contributed by atoms with Crippen LogP contribution < -0.4 is 10.0 Å². The number of halogens is 1. The van der Waals surface area contributed by atoms with Gasteiger partial charge < -0.3 is 10.1 Å². The summed E-state index contributed by atoms with van der Waals surface area (Å²) in [5.74, 6) is -0.562. The Hall–Kier alpha value is -2.85. The summed E-state index contributed by atoms with van der Waals surface area (Å²) < 4.78 is 32.2. The molecule has 0 aliphatic rings. The van der Waals surface area contributed by atoms with E-state index >= 15 is 0 Å². The monoisotopic (exact) mass is 453 g/mol. The molecule has 0 fully saturated rings. The molecule has 0 saturated heterocycles. The fraction of sp³-hybridized carbons (Fsp3) is 0.381. The van der Waals surface area contributed by atoms with Gasteiger partial charge in [-0.15, -0.1) is 0 Å². The summed E-state index contributed by atoms with van der Waals surface area (Å²) in [4.78, 5) is 21.3. The third kappa shape index (κ3) is 9.22. The molecule has 10 heteroatoms. The minimum absolute atomic E-state index is 0.0388. The Balaban J connectivity index is 0.000000311. The molecule has 2 rings (SSSR count). The Labute approximate surface area is 183 Å². The van der Waals surface area contributed by atoms with Crippen LogP contribution in [-0.2, 0) is 20.5 Å². The standard InChI is InChI=1S/C11H14FNO2.C10H14N2O3S/c1-7-4-9(5-8(2)11(7)12)13-6-10(14)15-3;1-2-3-7-11-16(15)10-6-4-5-9(8-10)12(13)14/h4-5,13H,6H2,1-3H3;4-6,8,11H,2-3,7H2,1H3. The third-order valence-corrected chi connectivity index (χ3v) is 5.26. The van der Waals surface area contributed by atoms with E-state index in [9.17, 15) is 23.5 Å². The predicted octanol–water partition coefficient (Wildman–Crippen LogP) is 4.03. The lowest BCUT2D eigenvalue weighted by atomic mass is 10.1. The summed E-state index contributed by atoms with van der Waals surface area (Å²) in [7, 11) is -0.0416. The van der Waals surface area contributed by atoms with E-state index in [1.165, 1.54) is 25.3 Å². The number of methoxy groups -OCH3 is 1. The Morgan fingerprint density at radius 3 is 2.42 bits per heavy atom. The van der Waals surface area contributed by atoms with Crippen LogP contribution in [0.1, 0.15) is 30.9 Å². The normalized spacial score (nSPS) is 11.1. The van der Waals surface area contributed by atoms with Crippen molar-refractivity contribution < 1.29 is 23.1 Å². The summed E-state index contributed by atoms with van der Waals surface area (Å²) in [5, 5.41) is 13.4. The summed E-state index contributed by atoms with van der Waals surface area (Å²) in [5.41, 5.74) is 1.80. The van der Waals surface area contributed by atoms with Crippen molar-refractivity contribution in [2.45, 2.75) is 38.5 Å². The van der Waals surface area contributed by atoms with E-state index in [1.54, 1.807) is 32.0 Å². The van der Waals surface area contributed by atoms with E-state index < -0.39 is 15.9 Å². The topological polar surface area (TPSA) is 111 Å². The van der Waals surface area contributed by atoms with Gasteiger partial charge in [0.05, 0.1) is 16.9 Å². The average Bonchev–Trinajstić information content (AvgIpc) is 2.76. The second-order valence-electron chi connectivity index (χ2n) is 6.62. The van der Waals surface area contributed by atoms with Gasteiger partial charge in [0.15, 0.2) is 0 Å². The molecule has 170 valence electrons. The molecule has 0 bridgehead atoms. The van der Waals surface area contributed by atoms with Crippen molar-refractivity contribution in [2.24, 2.45) is 0 Å². The zero-order chi connectivity index (χ0) is 23.4. The van der Waals surface area contributed by atoms with Crippen LogP contribution in [0, 0.1) is 29.8 Å². The van der Waals surface area contributed by atoms with Crippen LogP contribution in [0.25, 0.3) is 0 Å². The van der Waals surface area contributed by atoms with E-state index in [4.69, 9.17) is 0 Å². The van der Waals surface area contributed by atoms with Gasteiger partial charge in [-0.3, -0.25) is 14.9 Å². The minimum atomic E-state index is -1.37. The van der Waals surface area contributed by atoms with E-state index in [0.29, 0.717) is 22.6 Å². The smallest absolute Gasteiger partial charge is 0.325 e. The number of rotatable bonds is 9. The maximum Gasteiger partial charge on any atom is 0.325 e. The minimum Gasteiger partial charge on any atom is -0.468 e. The molecule has 2 N–H and O–H groups in total. The number of anilines is 1. The highest BCUT2D eigenvalue weighted by Gasteiger charge is 2.09. The molecule has 0 amide bonds. The molecule has 2 aromatic carbocycles. The highest BCUT2D eigenvalue weighted by atomic mass is 32.2. The van der Waals surface area contributed by atoms with Gasteiger partial charge >= 0.3 is 5.97 Å². The van der Waals surface area contributed by atoms with E-state index in [2.05, 4.69) is 14.8 Å². The second-order valence-corrected chi connectivity index (χ2v) is 7.92. The maximum absolute atomic E-state index is 13.3. The van der Waals surface area contributed by atoms with Crippen molar-refractivity contribution in [3.05, 3.63) is 63.5 Å². The number of aryl methyl sites for hydroxylation is 2. The van der Waals surface area contributed by atoms with Crippen molar-refractivity contribution in [3.63, 3.8) is 0 Å². The molecule has 0 aliphatic carbocycles. The SMILES string of the molecule is CCCCNS(=O)c1cccc([N+](=O)[O-])c1.COC(=O)CNc1cc(C)c(F)c(C)c1. The first-order valence-corrected chi connectivity index (χ1v) is 10.8. The molecule has 8 nitrogen and oxygen atoms in total. The number of nitrogens with zero attached hydrogens (tertiary/aromatic N) is 1.